The van der Waals surface area contributed by atoms with E-state index in [2.05, 4.69) is 34.1 Å². The van der Waals surface area contributed by atoms with Crippen molar-refractivity contribution in [3.05, 3.63) is 12.7 Å². The maximum absolute atomic E-state index is 11.9. The number of ether oxygens (including phenoxy) is 1. The van der Waals surface area contributed by atoms with Gasteiger partial charge in [0.2, 0.25) is 5.91 Å². The lowest BCUT2D eigenvalue weighted by Gasteiger charge is -2.14. The Morgan fingerprint density at radius 2 is 2.22 bits per heavy atom. The Labute approximate surface area is 135 Å². The van der Waals surface area contributed by atoms with Gasteiger partial charge in [-0.05, 0) is 18.8 Å². The third-order valence-corrected chi connectivity index (χ3v) is 4.38. The first kappa shape index (κ1) is 15.9. The van der Waals surface area contributed by atoms with Gasteiger partial charge in [-0.1, -0.05) is 27.7 Å². The average Bonchev–Trinajstić information content (AvgIpc) is 3.10. The second-order valence-corrected chi connectivity index (χ2v) is 6.44. The topological polar surface area (TPSA) is 81.9 Å². The van der Waals surface area contributed by atoms with Gasteiger partial charge in [-0.3, -0.25) is 9.36 Å². The summed E-state index contributed by atoms with van der Waals surface area (Å²) in [5, 5.41) is 2.81. The second kappa shape index (κ2) is 6.23. The summed E-state index contributed by atoms with van der Waals surface area (Å²) < 4.78 is 8.05. The minimum absolute atomic E-state index is 0.0662. The molecule has 7 heteroatoms. The van der Waals surface area contributed by atoms with Gasteiger partial charge in [0.1, 0.15) is 12.6 Å². The molecule has 1 amide bonds. The summed E-state index contributed by atoms with van der Waals surface area (Å²) in [6.45, 7) is 8.02. The van der Waals surface area contributed by atoms with Gasteiger partial charge >= 0.3 is 0 Å². The number of carbonyl (C=O) groups excluding carboxylic acids is 1. The van der Waals surface area contributed by atoms with Gasteiger partial charge in [-0.2, -0.15) is 0 Å². The van der Waals surface area contributed by atoms with Crippen molar-refractivity contribution in [1.82, 2.24) is 19.5 Å². The number of hydrogen-bond acceptors (Lipinski definition) is 5. The van der Waals surface area contributed by atoms with E-state index >= 15 is 0 Å². The lowest BCUT2D eigenvalue weighted by molar-refractivity contribution is -0.118. The van der Waals surface area contributed by atoms with E-state index in [9.17, 15) is 4.79 Å². The Morgan fingerprint density at radius 1 is 1.43 bits per heavy atom. The molecule has 3 atom stereocenters. The van der Waals surface area contributed by atoms with Crippen LogP contribution in [0.25, 0.3) is 11.2 Å². The van der Waals surface area contributed by atoms with Gasteiger partial charge in [0.25, 0.3) is 0 Å². The van der Waals surface area contributed by atoms with E-state index < -0.39 is 0 Å². The normalized spacial score (nSPS) is 24.5. The van der Waals surface area contributed by atoms with Crippen molar-refractivity contribution >= 4 is 22.9 Å². The van der Waals surface area contributed by atoms with Crippen molar-refractivity contribution < 1.29 is 9.53 Å². The fraction of sp³-hybridized carbons (Fsp3) is 0.625. The van der Waals surface area contributed by atoms with Gasteiger partial charge < -0.3 is 10.1 Å². The highest BCUT2D eigenvalue weighted by molar-refractivity contribution is 5.97. The molecule has 0 saturated carbocycles. The first-order valence-electron chi connectivity index (χ1n) is 8.15. The molecule has 1 aliphatic heterocycles. The molecule has 3 rings (SSSR count). The third kappa shape index (κ3) is 2.93. The fourth-order valence-corrected chi connectivity index (χ4v) is 2.95. The first-order valence-corrected chi connectivity index (χ1v) is 8.15. The van der Waals surface area contributed by atoms with Gasteiger partial charge in [0.05, 0.1) is 12.4 Å². The Hall–Kier alpha value is -2.02. The molecule has 3 heterocycles. The summed E-state index contributed by atoms with van der Waals surface area (Å²) in [6.07, 6.45) is 5.30. The summed E-state index contributed by atoms with van der Waals surface area (Å²) in [7, 11) is 0. The summed E-state index contributed by atoms with van der Waals surface area (Å²) in [5.41, 5.74) is 1.28. The number of carbonyl (C=O) groups is 1. The van der Waals surface area contributed by atoms with E-state index in [1.165, 1.54) is 6.33 Å². The highest BCUT2D eigenvalue weighted by Crippen LogP contribution is 2.36. The van der Waals surface area contributed by atoms with Gasteiger partial charge in [0.15, 0.2) is 17.0 Å². The molecule has 0 aromatic carbocycles. The Bertz CT molecular complexity index is 712. The highest BCUT2D eigenvalue weighted by Gasteiger charge is 2.33. The van der Waals surface area contributed by atoms with E-state index in [0.29, 0.717) is 22.9 Å². The molecule has 0 radical (unpaired) electrons. The van der Waals surface area contributed by atoms with Gasteiger partial charge in [0, 0.05) is 5.92 Å². The zero-order valence-corrected chi connectivity index (χ0v) is 14.0. The first-order chi connectivity index (χ1) is 11.0. The molecule has 0 aliphatic carbocycles. The van der Waals surface area contributed by atoms with E-state index in [1.54, 1.807) is 6.33 Å². The van der Waals surface area contributed by atoms with E-state index in [0.717, 1.165) is 12.8 Å². The predicted octanol–water partition coefficient (Wildman–Crippen LogP) is 2.75. The molecule has 0 bridgehead atoms. The predicted molar refractivity (Wildman–Crippen MR) is 86.8 cm³/mol. The number of imidazole rings is 1. The van der Waals surface area contributed by atoms with Crippen LogP contribution < -0.4 is 5.32 Å². The standard InChI is InChI=1S/C16H23N5O2/c1-5-11-10(4)6-12(23-11)21-8-19-13-14(17-7-18-15(13)21)20-16(22)9(2)3/h7-12H,5-6H2,1-4H3,(H,17,18,20,22)/t10-,11+,12+/m0/s1. The van der Waals surface area contributed by atoms with Crippen LogP contribution in [0.1, 0.15) is 46.8 Å². The molecule has 23 heavy (non-hydrogen) atoms. The average molecular weight is 317 g/mol. The van der Waals surface area contributed by atoms with Crippen molar-refractivity contribution in [2.24, 2.45) is 11.8 Å². The number of nitrogens with zero attached hydrogens (tertiary/aromatic N) is 4. The van der Waals surface area contributed by atoms with Crippen molar-refractivity contribution in [2.45, 2.75) is 52.9 Å². The number of fused-ring (bicyclic) bond motifs is 1. The molecule has 2 aromatic heterocycles. The third-order valence-electron chi connectivity index (χ3n) is 4.38. The van der Waals surface area contributed by atoms with E-state index in [1.807, 2.05) is 18.4 Å². The lowest BCUT2D eigenvalue weighted by atomic mass is 10.0. The van der Waals surface area contributed by atoms with E-state index in [4.69, 9.17) is 4.74 Å². The number of hydrogen-bond donors (Lipinski definition) is 1. The molecular weight excluding hydrogens is 294 g/mol. The summed E-state index contributed by atoms with van der Waals surface area (Å²) >= 11 is 0. The summed E-state index contributed by atoms with van der Waals surface area (Å²) in [4.78, 5) is 24.8. The minimum Gasteiger partial charge on any atom is -0.354 e. The number of rotatable bonds is 4. The lowest BCUT2D eigenvalue weighted by Crippen LogP contribution is -2.19. The van der Waals surface area contributed by atoms with Gasteiger partial charge in [-0.15, -0.1) is 0 Å². The summed E-state index contributed by atoms with van der Waals surface area (Å²) in [5.74, 6) is 0.748. The van der Waals surface area contributed by atoms with Crippen LogP contribution in [0.15, 0.2) is 12.7 Å². The molecule has 124 valence electrons. The maximum Gasteiger partial charge on any atom is 0.228 e. The smallest absolute Gasteiger partial charge is 0.228 e. The molecule has 7 nitrogen and oxygen atoms in total. The molecule has 1 fully saturated rings. The van der Waals surface area contributed by atoms with Crippen LogP contribution in [0.3, 0.4) is 0 Å². The van der Waals surface area contributed by atoms with Crippen LogP contribution in [0.5, 0.6) is 0 Å². The molecule has 0 unspecified atom stereocenters. The monoisotopic (exact) mass is 317 g/mol. The Balaban J connectivity index is 1.91. The highest BCUT2D eigenvalue weighted by atomic mass is 16.5. The van der Waals surface area contributed by atoms with Crippen LogP contribution in [-0.2, 0) is 9.53 Å². The maximum atomic E-state index is 11.9. The van der Waals surface area contributed by atoms with Crippen molar-refractivity contribution in [1.29, 1.82) is 0 Å². The van der Waals surface area contributed by atoms with Crippen LogP contribution in [-0.4, -0.2) is 31.5 Å². The number of nitrogens with one attached hydrogen (secondary N) is 1. The van der Waals surface area contributed by atoms with E-state index in [-0.39, 0.29) is 24.2 Å². The van der Waals surface area contributed by atoms with Crippen molar-refractivity contribution in [3.63, 3.8) is 0 Å². The molecule has 2 aromatic rings. The number of aromatic nitrogens is 4. The second-order valence-electron chi connectivity index (χ2n) is 6.44. The van der Waals surface area contributed by atoms with Crippen LogP contribution in [0, 0.1) is 11.8 Å². The number of amides is 1. The van der Waals surface area contributed by atoms with Crippen molar-refractivity contribution in [2.75, 3.05) is 5.32 Å². The molecule has 0 spiro atoms. The Morgan fingerprint density at radius 3 is 2.87 bits per heavy atom. The van der Waals surface area contributed by atoms with Crippen molar-refractivity contribution in [3.8, 4) is 0 Å². The van der Waals surface area contributed by atoms with Crippen LogP contribution >= 0.6 is 0 Å². The molecule has 1 saturated heterocycles. The van der Waals surface area contributed by atoms with Gasteiger partial charge in [-0.25, -0.2) is 15.0 Å². The molecule has 1 N–H and O–H groups in total. The minimum atomic E-state index is -0.119. The molecule has 1 aliphatic rings. The fourth-order valence-electron chi connectivity index (χ4n) is 2.95. The van der Waals surface area contributed by atoms with Crippen LogP contribution in [0.4, 0.5) is 5.82 Å². The zero-order valence-electron chi connectivity index (χ0n) is 14.0. The zero-order chi connectivity index (χ0) is 16.6. The SMILES string of the molecule is CC[C@H]1O[C@@H](n2cnc3c(NC(=O)C(C)C)ncnc32)C[C@@H]1C. The largest absolute Gasteiger partial charge is 0.354 e. The Kier molecular flexibility index (Phi) is 4.30. The molecular formula is C16H23N5O2. The van der Waals surface area contributed by atoms with Crippen LogP contribution in [0.2, 0.25) is 0 Å². The number of anilines is 1. The summed E-state index contributed by atoms with van der Waals surface area (Å²) in [6, 6.07) is 0. The quantitative estimate of drug-likeness (QED) is 0.937.